The van der Waals surface area contributed by atoms with Crippen molar-refractivity contribution in [2.24, 2.45) is 17.8 Å². The van der Waals surface area contributed by atoms with Crippen molar-refractivity contribution in [1.82, 2.24) is 0 Å². The number of aliphatic hydroxyl groups is 1. The van der Waals surface area contributed by atoms with Crippen LogP contribution in [0.25, 0.3) is 0 Å². The van der Waals surface area contributed by atoms with Gasteiger partial charge < -0.3 is 19.2 Å². The molecule has 1 N–H and O–H groups in total. The van der Waals surface area contributed by atoms with E-state index in [1.54, 1.807) is 13.8 Å². The van der Waals surface area contributed by atoms with Crippen molar-refractivity contribution in [3.05, 3.63) is 10.9 Å². The first-order chi connectivity index (χ1) is 10.8. The molecule has 1 saturated carbocycles. The summed E-state index contributed by atoms with van der Waals surface area (Å²) in [5, 5.41) is 12.7. The Morgan fingerprint density at radius 2 is 2.00 bits per heavy atom. The highest BCUT2D eigenvalue weighted by Gasteiger charge is 2.44. The Bertz CT molecular complexity index is 458. The molecule has 4 nitrogen and oxygen atoms in total. The fourth-order valence-corrected chi connectivity index (χ4v) is 4.90. The Labute approximate surface area is 144 Å². The highest BCUT2D eigenvalue weighted by molar-refractivity contribution is 8.04. The van der Waals surface area contributed by atoms with E-state index in [2.05, 4.69) is 19.9 Å². The lowest BCUT2D eigenvalue weighted by Crippen LogP contribution is -2.61. The molecule has 1 aliphatic carbocycles. The van der Waals surface area contributed by atoms with Gasteiger partial charge in [0.25, 0.3) is 0 Å². The number of ether oxygens (including phenoxy) is 2. The maximum absolute atomic E-state index is 12.7. The Morgan fingerprint density at radius 3 is 2.57 bits per heavy atom. The van der Waals surface area contributed by atoms with Crippen molar-refractivity contribution in [3.63, 3.8) is 0 Å². The van der Waals surface area contributed by atoms with E-state index in [0.717, 1.165) is 18.1 Å². The molecule has 4 atom stereocenters. The average Bonchev–Trinajstić information content (AvgIpc) is 2.94. The van der Waals surface area contributed by atoms with E-state index >= 15 is 0 Å². The summed E-state index contributed by atoms with van der Waals surface area (Å²) in [6.45, 7) is 9.37. The van der Waals surface area contributed by atoms with Gasteiger partial charge in [0.15, 0.2) is 6.29 Å². The SMILES string of the molecule is CC1C[C@H]1CC(C)([OH+][BH2-]C1=CC(C2OCCO2)CS1)C(C)(C)[O-]. The molecule has 2 fully saturated rings. The third kappa shape index (κ3) is 4.16. The molecule has 0 amide bonds. The van der Waals surface area contributed by atoms with Gasteiger partial charge in [-0.3, -0.25) is 0 Å². The van der Waals surface area contributed by atoms with E-state index < -0.39 is 18.7 Å². The summed E-state index contributed by atoms with van der Waals surface area (Å²) in [5.41, 5.74) is -1.46. The van der Waals surface area contributed by atoms with Crippen molar-refractivity contribution in [2.75, 3.05) is 19.0 Å². The van der Waals surface area contributed by atoms with Crippen molar-refractivity contribution < 1.29 is 19.2 Å². The van der Waals surface area contributed by atoms with Crippen LogP contribution >= 0.6 is 11.8 Å². The summed E-state index contributed by atoms with van der Waals surface area (Å²) < 4.78 is 16.2. The van der Waals surface area contributed by atoms with Crippen LogP contribution in [0.1, 0.15) is 40.5 Å². The van der Waals surface area contributed by atoms with Gasteiger partial charge in [-0.05, 0) is 23.9 Å². The third-order valence-electron chi connectivity index (χ3n) is 6.01. The molecule has 0 aromatic carbocycles. The predicted octanol–water partition coefficient (Wildman–Crippen LogP) is 1.12. The van der Waals surface area contributed by atoms with Crippen molar-refractivity contribution in [3.8, 4) is 0 Å². The zero-order valence-corrected chi connectivity index (χ0v) is 15.8. The second kappa shape index (κ2) is 6.72. The molecule has 132 valence electrons. The molecule has 23 heavy (non-hydrogen) atoms. The molecule has 0 aromatic rings. The van der Waals surface area contributed by atoms with Crippen molar-refractivity contribution in [1.29, 1.82) is 0 Å². The first kappa shape index (κ1) is 17.8. The quantitative estimate of drug-likeness (QED) is 0.514. The fraction of sp³-hybridized carbons (Fsp3) is 0.882. The topological polar surface area (TPSA) is 54.3 Å². The zero-order chi connectivity index (χ0) is 16.7. The molecule has 2 aliphatic heterocycles. The van der Waals surface area contributed by atoms with E-state index in [0.29, 0.717) is 25.0 Å². The molecule has 6 heteroatoms. The Morgan fingerprint density at radius 1 is 1.35 bits per heavy atom. The summed E-state index contributed by atoms with van der Waals surface area (Å²) in [6, 6.07) is 0. The fourth-order valence-electron chi connectivity index (χ4n) is 3.70. The lowest BCUT2D eigenvalue weighted by molar-refractivity contribution is -0.506. The minimum Gasteiger partial charge on any atom is -0.844 e. The van der Waals surface area contributed by atoms with E-state index in [1.807, 2.05) is 11.8 Å². The first-order valence-corrected chi connectivity index (χ1v) is 10.0. The Hall–Kier alpha value is -0.00506. The maximum Gasteiger partial charge on any atom is 0.301 e. The molecular formula is C17H30BO4S-. The number of hydrogen-bond donors (Lipinski definition) is 0. The highest BCUT2D eigenvalue weighted by atomic mass is 32.2. The van der Waals surface area contributed by atoms with E-state index in [9.17, 15) is 5.11 Å². The van der Waals surface area contributed by atoms with Gasteiger partial charge in [0.1, 0.15) is 5.60 Å². The maximum atomic E-state index is 12.7. The standard InChI is InChI=1S/C17H30BO4S/c1-11-7-12(11)9-17(4,16(2,3)19)22-18-14-8-13(10-23-14)15-20-5-6-21-15/h8,11-13,15,22H,5-7,9-10,18H2,1-4H3/q-1/t11?,12-,13?,17?/m0/s1. The molecule has 0 radical (unpaired) electrons. The number of rotatable bonds is 7. The molecule has 3 rings (SSSR count). The van der Waals surface area contributed by atoms with Crippen molar-refractivity contribution in [2.45, 2.75) is 58.0 Å². The lowest BCUT2D eigenvalue weighted by Gasteiger charge is -2.50. The summed E-state index contributed by atoms with van der Waals surface area (Å²) in [5.74, 6) is 2.84. The van der Waals surface area contributed by atoms with Crippen LogP contribution in [0.3, 0.4) is 0 Å². The second-order valence-corrected chi connectivity index (χ2v) is 9.54. The third-order valence-corrected chi connectivity index (χ3v) is 7.33. The molecule has 1 saturated heterocycles. The van der Waals surface area contributed by atoms with Crippen LogP contribution in [0.5, 0.6) is 0 Å². The van der Waals surface area contributed by atoms with E-state index in [-0.39, 0.29) is 6.29 Å². The van der Waals surface area contributed by atoms with Gasteiger partial charge in [-0.1, -0.05) is 31.7 Å². The minimum atomic E-state index is -1.01. The number of thioether (sulfide) groups is 1. The predicted molar refractivity (Wildman–Crippen MR) is 94.9 cm³/mol. The zero-order valence-electron chi connectivity index (χ0n) is 15.0. The van der Waals surface area contributed by atoms with Gasteiger partial charge >= 0.3 is 7.48 Å². The van der Waals surface area contributed by atoms with Gasteiger partial charge in [-0.2, -0.15) is 11.8 Å². The highest BCUT2D eigenvalue weighted by Crippen LogP contribution is 2.46. The Balaban J connectivity index is 1.57. The molecular weight excluding hydrogens is 311 g/mol. The van der Waals surface area contributed by atoms with E-state index in [4.69, 9.17) is 14.1 Å². The average molecular weight is 341 g/mol. The largest absolute Gasteiger partial charge is 0.844 e. The van der Waals surface area contributed by atoms with Crippen LogP contribution in [0.4, 0.5) is 0 Å². The van der Waals surface area contributed by atoms with Gasteiger partial charge in [0, 0.05) is 25.0 Å². The van der Waals surface area contributed by atoms with Crippen molar-refractivity contribution >= 4 is 19.2 Å². The van der Waals surface area contributed by atoms with Gasteiger partial charge in [0.05, 0.1) is 13.2 Å². The molecule has 3 aliphatic rings. The van der Waals surface area contributed by atoms with E-state index in [1.165, 1.54) is 11.2 Å². The molecule has 0 bridgehead atoms. The van der Waals surface area contributed by atoms with Crippen LogP contribution in [-0.4, -0.2) is 48.6 Å². The lowest BCUT2D eigenvalue weighted by atomic mass is 9.80. The van der Waals surface area contributed by atoms with Crippen LogP contribution in [0.2, 0.25) is 0 Å². The monoisotopic (exact) mass is 341 g/mol. The Kier molecular flexibility index (Phi) is 5.20. The summed E-state index contributed by atoms with van der Waals surface area (Å²) in [4.78, 5) is 1.38. The van der Waals surface area contributed by atoms with Crippen LogP contribution < -0.4 is 5.11 Å². The first-order valence-electron chi connectivity index (χ1n) is 9.02. The van der Waals surface area contributed by atoms with Gasteiger partial charge in [-0.15, -0.1) is 0 Å². The van der Waals surface area contributed by atoms with Crippen LogP contribution in [0.15, 0.2) is 10.9 Å². The second-order valence-electron chi connectivity index (χ2n) is 8.27. The number of hydrogen-bond acceptors (Lipinski definition) is 4. The summed E-state index contributed by atoms with van der Waals surface area (Å²) >= 11 is 1.88. The molecule has 2 heterocycles. The summed E-state index contributed by atoms with van der Waals surface area (Å²) in [7, 11) is -0.609. The molecule has 0 aromatic heterocycles. The molecule has 3 unspecified atom stereocenters. The van der Waals surface area contributed by atoms with Crippen LogP contribution in [0, 0.1) is 17.8 Å². The molecule has 0 spiro atoms. The van der Waals surface area contributed by atoms with Gasteiger partial charge in [0.2, 0.25) is 0 Å². The minimum absolute atomic E-state index is 0.0683. The normalized spacial score (nSPS) is 34.5. The van der Waals surface area contributed by atoms with Gasteiger partial charge in [-0.25, -0.2) is 0 Å². The summed E-state index contributed by atoms with van der Waals surface area (Å²) in [6.07, 6.45) is 4.44. The smallest absolute Gasteiger partial charge is 0.301 e. The van der Waals surface area contributed by atoms with Crippen LogP contribution in [-0.2, 0) is 9.47 Å².